The molecule has 3 heterocycles. The zero-order chi connectivity index (χ0) is 29.3. The van der Waals surface area contributed by atoms with E-state index in [2.05, 4.69) is 73.7 Å². The number of unbranched alkanes of at least 4 members (excludes halogenated alkanes) is 9. The largest absolute Gasteiger partial charge is 0.265 e. The standard InChI is InChI=1S/C19H31N.C11H15N.C7H7N/c1-3-5-6-7-8-9-10-11-12-13-14-19-17-20-16-15-18(19)4-2;1-4-9-7-10(5-2)12-11(6-3)8-9;1-2-7-3-5-8-6-4-7/h4,15-17H,2-3,5-14H2,1H3;4,7-8H,1,5-6H2,2-3H3;2-6H,1H2. The molecule has 0 amide bonds. The Kier molecular flexibility index (Phi) is 20.4. The quantitative estimate of drug-likeness (QED) is 0.170. The van der Waals surface area contributed by atoms with Gasteiger partial charge in [0.25, 0.3) is 0 Å². The zero-order valence-corrected chi connectivity index (χ0v) is 25.6. The van der Waals surface area contributed by atoms with Crippen molar-refractivity contribution in [3.63, 3.8) is 0 Å². The third-order valence-corrected chi connectivity index (χ3v) is 6.82. The maximum absolute atomic E-state index is 4.47. The van der Waals surface area contributed by atoms with E-state index in [0.717, 1.165) is 36.2 Å². The predicted molar refractivity (Wildman–Crippen MR) is 177 cm³/mol. The predicted octanol–water partition coefficient (Wildman–Crippen LogP) is 10.8. The van der Waals surface area contributed by atoms with Gasteiger partial charge in [0.05, 0.1) is 0 Å². The number of aromatic nitrogens is 3. The second-order valence-corrected chi connectivity index (χ2v) is 9.99. The molecule has 0 saturated carbocycles. The molecule has 3 aromatic rings. The highest BCUT2D eigenvalue weighted by Gasteiger charge is 1.99. The summed E-state index contributed by atoms with van der Waals surface area (Å²) in [6, 6.07) is 10.1. The Bertz CT molecular complexity index is 1050. The molecule has 0 aliphatic heterocycles. The van der Waals surface area contributed by atoms with E-state index in [1.54, 1.807) is 18.5 Å². The minimum absolute atomic E-state index is 0.995. The van der Waals surface area contributed by atoms with E-state index in [1.165, 1.54) is 80.9 Å². The summed E-state index contributed by atoms with van der Waals surface area (Å²) in [7, 11) is 0. The van der Waals surface area contributed by atoms with Crippen LogP contribution in [-0.4, -0.2) is 15.0 Å². The van der Waals surface area contributed by atoms with Crippen LogP contribution in [0.4, 0.5) is 0 Å². The topological polar surface area (TPSA) is 38.7 Å². The number of nitrogens with zero attached hydrogens (tertiary/aromatic N) is 3. The lowest BCUT2D eigenvalue weighted by Crippen LogP contribution is -1.94. The Morgan fingerprint density at radius 1 is 0.600 bits per heavy atom. The van der Waals surface area contributed by atoms with Gasteiger partial charge in [0.15, 0.2) is 0 Å². The summed E-state index contributed by atoms with van der Waals surface area (Å²) in [5, 5.41) is 0. The van der Waals surface area contributed by atoms with Crippen molar-refractivity contribution in [1.29, 1.82) is 0 Å². The third-order valence-electron chi connectivity index (χ3n) is 6.82. The van der Waals surface area contributed by atoms with Crippen LogP contribution in [0.3, 0.4) is 0 Å². The van der Waals surface area contributed by atoms with Gasteiger partial charge in [-0.05, 0) is 78.3 Å². The second-order valence-electron chi connectivity index (χ2n) is 9.99. The lowest BCUT2D eigenvalue weighted by molar-refractivity contribution is 0.556. The third kappa shape index (κ3) is 15.9. The van der Waals surface area contributed by atoms with Crippen LogP contribution in [0, 0.1) is 0 Å². The van der Waals surface area contributed by atoms with Gasteiger partial charge in [-0.15, -0.1) is 0 Å². The van der Waals surface area contributed by atoms with Gasteiger partial charge >= 0.3 is 0 Å². The van der Waals surface area contributed by atoms with Gasteiger partial charge in [0, 0.05) is 36.2 Å². The fourth-order valence-corrected chi connectivity index (χ4v) is 4.30. The molecule has 0 aliphatic carbocycles. The first kappa shape index (κ1) is 34.7. The summed E-state index contributed by atoms with van der Waals surface area (Å²) in [5.74, 6) is 0. The maximum Gasteiger partial charge on any atom is 0.0410 e. The highest BCUT2D eigenvalue weighted by Crippen LogP contribution is 2.15. The minimum Gasteiger partial charge on any atom is -0.265 e. The first-order chi connectivity index (χ1) is 19.6. The summed E-state index contributed by atoms with van der Waals surface area (Å²) < 4.78 is 0. The monoisotopic (exact) mass is 539 g/mol. The van der Waals surface area contributed by atoms with Gasteiger partial charge in [0.1, 0.15) is 0 Å². The molecular weight excluding hydrogens is 486 g/mol. The Morgan fingerprint density at radius 2 is 1.12 bits per heavy atom. The highest BCUT2D eigenvalue weighted by atomic mass is 14.7. The first-order valence-electron chi connectivity index (χ1n) is 15.3. The molecule has 3 heteroatoms. The minimum atomic E-state index is 0.995. The van der Waals surface area contributed by atoms with Crippen LogP contribution in [0.5, 0.6) is 0 Å². The first-order valence-corrected chi connectivity index (χ1v) is 15.3. The van der Waals surface area contributed by atoms with E-state index in [-0.39, 0.29) is 0 Å². The SMILES string of the molecule is C=Cc1cc(CC)nc(CC)c1.C=Cc1ccncc1.C=Cc1ccncc1CCCCCCCCCCCC. The Labute approximate surface area is 245 Å². The average Bonchev–Trinajstić information content (AvgIpc) is 3.02. The van der Waals surface area contributed by atoms with Crippen LogP contribution < -0.4 is 0 Å². The maximum atomic E-state index is 4.47. The van der Waals surface area contributed by atoms with Gasteiger partial charge < -0.3 is 0 Å². The van der Waals surface area contributed by atoms with Crippen LogP contribution in [-0.2, 0) is 19.3 Å². The van der Waals surface area contributed by atoms with E-state index in [4.69, 9.17) is 0 Å². The molecule has 0 aliphatic rings. The van der Waals surface area contributed by atoms with Crippen molar-refractivity contribution in [3.05, 3.63) is 108 Å². The Hall–Kier alpha value is -3.33. The smallest absolute Gasteiger partial charge is 0.0410 e. The van der Waals surface area contributed by atoms with Crippen LogP contribution in [0.2, 0.25) is 0 Å². The summed E-state index contributed by atoms with van der Waals surface area (Å²) in [6.45, 7) is 17.7. The normalized spacial score (nSPS) is 9.97. The molecule has 3 nitrogen and oxygen atoms in total. The van der Waals surface area contributed by atoms with Crippen molar-refractivity contribution in [3.8, 4) is 0 Å². The molecule has 0 saturated heterocycles. The molecule has 3 aromatic heterocycles. The van der Waals surface area contributed by atoms with E-state index in [9.17, 15) is 0 Å². The van der Waals surface area contributed by atoms with Gasteiger partial charge in [-0.2, -0.15) is 0 Å². The fraction of sp³-hybridized carbons (Fsp3) is 0.432. The molecular formula is C37H53N3. The lowest BCUT2D eigenvalue weighted by Gasteiger charge is -2.05. The van der Waals surface area contributed by atoms with E-state index in [1.807, 2.05) is 36.7 Å². The lowest BCUT2D eigenvalue weighted by atomic mass is 10.0. The Balaban J connectivity index is 0.000000336. The second kappa shape index (κ2) is 23.5. The molecule has 0 fully saturated rings. The molecule has 216 valence electrons. The van der Waals surface area contributed by atoms with E-state index in [0.29, 0.717) is 0 Å². The highest BCUT2D eigenvalue weighted by molar-refractivity contribution is 5.50. The molecule has 0 unspecified atom stereocenters. The van der Waals surface area contributed by atoms with Gasteiger partial charge in [-0.25, -0.2) is 0 Å². The number of hydrogen-bond acceptors (Lipinski definition) is 3. The molecule has 40 heavy (non-hydrogen) atoms. The molecule has 0 spiro atoms. The number of rotatable bonds is 16. The molecule has 0 radical (unpaired) electrons. The van der Waals surface area contributed by atoms with E-state index < -0.39 is 0 Å². The van der Waals surface area contributed by atoms with Crippen LogP contribution >= 0.6 is 0 Å². The van der Waals surface area contributed by atoms with Crippen LogP contribution in [0.1, 0.15) is 119 Å². The van der Waals surface area contributed by atoms with Gasteiger partial charge in [-0.3, -0.25) is 15.0 Å². The Morgan fingerprint density at radius 3 is 1.60 bits per heavy atom. The molecule has 3 rings (SSSR count). The van der Waals surface area contributed by atoms with Crippen molar-refractivity contribution in [2.75, 3.05) is 0 Å². The summed E-state index contributed by atoms with van der Waals surface area (Å²) >= 11 is 0. The summed E-state index contributed by atoms with van der Waals surface area (Å²) in [5.41, 5.74) is 7.20. The number of hydrogen-bond donors (Lipinski definition) is 0. The molecule has 0 N–H and O–H groups in total. The number of pyridine rings is 3. The van der Waals surface area contributed by atoms with Crippen molar-refractivity contribution < 1.29 is 0 Å². The molecule has 0 atom stereocenters. The van der Waals surface area contributed by atoms with Crippen molar-refractivity contribution >= 4 is 18.2 Å². The summed E-state index contributed by atoms with van der Waals surface area (Å²) in [4.78, 5) is 12.5. The van der Waals surface area contributed by atoms with Crippen molar-refractivity contribution in [2.45, 2.75) is 104 Å². The van der Waals surface area contributed by atoms with Crippen molar-refractivity contribution in [1.82, 2.24) is 15.0 Å². The number of aryl methyl sites for hydroxylation is 3. The van der Waals surface area contributed by atoms with E-state index >= 15 is 0 Å². The molecule has 0 bridgehead atoms. The van der Waals surface area contributed by atoms with Crippen molar-refractivity contribution in [2.24, 2.45) is 0 Å². The van der Waals surface area contributed by atoms with Crippen LogP contribution in [0.25, 0.3) is 18.2 Å². The van der Waals surface area contributed by atoms with Gasteiger partial charge in [0.2, 0.25) is 0 Å². The van der Waals surface area contributed by atoms with Crippen LogP contribution in [0.15, 0.2) is 74.9 Å². The fourth-order valence-electron chi connectivity index (χ4n) is 4.30. The zero-order valence-electron chi connectivity index (χ0n) is 25.6. The molecule has 0 aromatic carbocycles. The summed E-state index contributed by atoms with van der Waals surface area (Å²) in [6.07, 6.45) is 30.0. The average molecular weight is 540 g/mol. The van der Waals surface area contributed by atoms with Gasteiger partial charge in [-0.1, -0.05) is 117 Å².